The summed E-state index contributed by atoms with van der Waals surface area (Å²) in [5.41, 5.74) is 0.324. The van der Waals surface area contributed by atoms with Crippen molar-refractivity contribution < 1.29 is 39.8 Å². The van der Waals surface area contributed by atoms with Gasteiger partial charge in [0.05, 0.1) is 0 Å². The molecule has 0 rings (SSSR count). The molecule has 0 fully saturated rings. The molecule has 0 aliphatic carbocycles. The Morgan fingerprint density at radius 3 is 1.86 bits per heavy atom. The Kier molecular flexibility index (Phi) is 21.5. The van der Waals surface area contributed by atoms with Crippen LogP contribution in [0.25, 0.3) is 0 Å². The van der Waals surface area contributed by atoms with E-state index in [-0.39, 0.29) is 35.0 Å². The normalized spacial score (nSPS) is 4.71. The van der Waals surface area contributed by atoms with Crippen molar-refractivity contribution in [2.24, 2.45) is 0 Å². The van der Waals surface area contributed by atoms with Crippen LogP contribution in [0.5, 0.6) is 0 Å². The summed E-state index contributed by atoms with van der Waals surface area (Å²) in [5, 5.41) is 0. The minimum atomic E-state index is 0. The van der Waals surface area contributed by atoms with Crippen molar-refractivity contribution in [3.8, 4) is 0 Å². The van der Waals surface area contributed by atoms with E-state index in [1.54, 1.807) is 6.92 Å². The van der Waals surface area contributed by atoms with Crippen molar-refractivity contribution in [3.63, 3.8) is 0 Å². The Bertz CT molecular complexity index is 60.7. The maximum atomic E-state index is 9.34. The molecular weight excluding hydrogens is 103 g/mol. The van der Waals surface area contributed by atoms with Crippen LogP contribution >= 0.6 is 0 Å². The fourth-order valence-electron chi connectivity index (χ4n) is 0. The van der Waals surface area contributed by atoms with E-state index in [0.29, 0.717) is 11.9 Å². The van der Waals surface area contributed by atoms with Crippen LogP contribution in [0, 0.1) is 6.58 Å². The molecule has 2 nitrogen and oxygen atoms in total. The summed E-state index contributed by atoms with van der Waals surface area (Å²) in [6.45, 7) is 6.39. The van der Waals surface area contributed by atoms with E-state index in [9.17, 15) is 4.79 Å². The van der Waals surface area contributed by atoms with Crippen LogP contribution in [0.15, 0.2) is 5.57 Å². The first kappa shape index (κ1) is 15.7. The molecule has 7 heavy (non-hydrogen) atoms. The van der Waals surface area contributed by atoms with Gasteiger partial charge in [0.15, 0.2) is 0 Å². The predicted molar refractivity (Wildman–Crippen MR) is 24.4 cm³/mol. The van der Waals surface area contributed by atoms with Crippen LogP contribution in [0.1, 0.15) is 6.92 Å². The van der Waals surface area contributed by atoms with Crippen LogP contribution in [-0.2, 0) is 10.3 Å². The van der Waals surface area contributed by atoms with Crippen LogP contribution in [0.2, 0.25) is 0 Å². The minimum absolute atomic E-state index is 0. The Morgan fingerprint density at radius 1 is 1.71 bits per heavy atom. The molecule has 0 saturated carbocycles. The molecular formula is C4H8NaO2+. The predicted octanol–water partition coefficient (Wildman–Crippen LogP) is -3.35. The van der Waals surface area contributed by atoms with Gasteiger partial charge in [-0.2, -0.15) is 5.57 Å². The Hall–Kier alpha value is 0.370. The minimum Gasteiger partial charge on any atom is -0.457 e. The molecule has 0 bridgehead atoms. The number of rotatable bonds is 1. The number of carbonyl (C=O) groups is 1. The quantitative estimate of drug-likeness (QED) is 0.115. The number of carbonyl (C=O) groups excluding carboxylic acids is 1. The Labute approximate surface area is 65.2 Å². The second kappa shape index (κ2) is 9.62. The largest absolute Gasteiger partial charge is 1.00 e. The molecule has 0 aromatic carbocycles. The number of aldehydes is 1. The molecule has 0 atom stereocenters. The zero-order valence-corrected chi connectivity index (χ0v) is 6.64. The van der Waals surface area contributed by atoms with Crippen LogP contribution in [0.4, 0.5) is 0 Å². The summed E-state index contributed by atoms with van der Waals surface area (Å²) in [5.74, 6) is 0. The third-order valence-electron chi connectivity index (χ3n) is 0.186. The van der Waals surface area contributed by atoms with E-state index >= 15 is 0 Å². The molecule has 0 amide bonds. The van der Waals surface area contributed by atoms with Crippen molar-refractivity contribution in [1.29, 1.82) is 0 Å². The maximum absolute atomic E-state index is 9.34. The average Bonchev–Trinajstić information content (AvgIpc) is 1.38. The van der Waals surface area contributed by atoms with Crippen molar-refractivity contribution in [3.05, 3.63) is 12.2 Å². The van der Waals surface area contributed by atoms with E-state index in [1.807, 2.05) is 0 Å². The third-order valence-corrected chi connectivity index (χ3v) is 0.186. The fraction of sp³-hybridized carbons (Fsp3) is 0.250. The van der Waals surface area contributed by atoms with Gasteiger partial charge in [-0.1, -0.05) is 6.92 Å². The standard InChI is InChI=1S/C4H5O.Na.H2O/c1-4(2)3-5;;/h1,3H,2H3;;1H2/q-1;+1;/p+1. The molecule has 3 heteroatoms. The molecule has 0 radical (unpaired) electrons. The summed E-state index contributed by atoms with van der Waals surface area (Å²) in [4.78, 5) is 9.34. The summed E-state index contributed by atoms with van der Waals surface area (Å²) >= 11 is 0. The van der Waals surface area contributed by atoms with Gasteiger partial charge in [0.2, 0.25) is 0 Å². The van der Waals surface area contributed by atoms with E-state index < -0.39 is 0 Å². The van der Waals surface area contributed by atoms with E-state index in [1.165, 1.54) is 0 Å². The second-order valence-corrected chi connectivity index (χ2v) is 0.862. The zero-order valence-electron chi connectivity index (χ0n) is 4.64. The van der Waals surface area contributed by atoms with Crippen molar-refractivity contribution >= 4 is 6.29 Å². The third kappa shape index (κ3) is 21.7. The van der Waals surface area contributed by atoms with Crippen LogP contribution in [0.3, 0.4) is 0 Å². The van der Waals surface area contributed by atoms with Gasteiger partial charge in [-0.15, -0.1) is 0 Å². The smallest absolute Gasteiger partial charge is 0.457 e. The van der Waals surface area contributed by atoms with Crippen LogP contribution in [-0.4, -0.2) is 6.29 Å². The van der Waals surface area contributed by atoms with Gasteiger partial charge in [0, 0.05) is 0 Å². The molecule has 36 valence electrons. The van der Waals surface area contributed by atoms with E-state index in [4.69, 9.17) is 6.58 Å². The van der Waals surface area contributed by atoms with Gasteiger partial charge in [-0.25, -0.2) is 0 Å². The van der Waals surface area contributed by atoms with E-state index in [0.717, 1.165) is 0 Å². The van der Waals surface area contributed by atoms with Gasteiger partial charge in [-0.3, -0.25) is 6.58 Å². The number of allylic oxidation sites excluding steroid dienone is 1. The molecule has 0 aromatic heterocycles. The molecule has 3 N–H and O–H groups in total. The van der Waals surface area contributed by atoms with Crippen molar-refractivity contribution in [1.82, 2.24) is 0 Å². The van der Waals surface area contributed by atoms with Gasteiger partial charge in [0.25, 0.3) is 0 Å². The van der Waals surface area contributed by atoms with Gasteiger partial charge < -0.3 is 10.3 Å². The van der Waals surface area contributed by atoms with Crippen molar-refractivity contribution in [2.75, 3.05) is 0 Å². The monoisotopic (exact) mass is 111 g/mol. The molecule has 0 aromatic rings. The molecule has 0 unspecified atom stereocenters. The fourth-order valence-corrected chi connectivity index (χ4v) is 0. The molecule has 0 aliphatic heterocycles. The molecule has 0 spiro atoms. The SMILES string of the molecule is [CH-]=C(C)C=O.[Na+].[OH3+]. The Morgan fingerprint density at radius 2 is 1.86 bits per heavy atom. The summed E-state index contributed by atoms with van der Waals surface area (Å²) in [6, 6.07) is 0. The van der Waals surface area contributed by atoms with Crippen molar-refractivity contribution in [2.45, 2.75) is 6.92 Å². The zero-order chi connectivity index (χ0) is 4.28. The van der Waals surface area contributed by atoms with E-state index in [2.05, 4.69) is 0 Å². The summed E-state index contributed by atoms with van der Waals surface area (Å²) < 4.78 is 0. The molecule has 0 aliphatic rings. The first-order valence-electron chi connectivity index (χ1n) is 1.31. The first-order chi connectivity index (χ1) is 2.27. The number of hydrogen-bond donors (Lipinski definition) is 0. The van der Waals surface area contributed by atoms with Crippen LogP contribution < -0.4 is 29.6 Å². The molecule has 0 heterocycles. The van der Waals surface area contributed by atoms with Gasteiger partial charge in [0.1, 0.15) is 0 Å². The topological polar surface area (TPSA) is 50.1 Å². The second-order valence-electron chi connectivity index (χ2n) is 0.862. The summed E-state index contributed by atoms with van der Waals surface area (Å²) in [7, 11) is 0. The average molecular weight is 111 g/mol. The first-order valence-corrected chi connectivity index (χ1v) is 1.31. The van der Waals surface area contributed by atoms with Gasteiger partial charge in [-0.05, 0) is 6.29 Å². The number of hydrogen-bond acceptors (Lipinski definition) is 1. The summed E-state index contributed by atoms with van der Waals surface area (Å²) in [6.07, 6.45) is 0.611. The van der Waals surface area contributed by atoms with Gasteiger partial charge >= 0.3 is 29.6 Å². The maximum Gasteiger partial charge on any atom is 1.00 e. The Balaban J connectivity index is -0.0000000800. The molecule has 0 saturated heterocycles.